The van der Waals surface area contributed by atoms with E-state index in [1.54, 1.807) is 24.4 Å². The van der Waals surface area contributed by atoms with Gasteiger partial charge in [0.05, 0.1) is 24.5 Å². The number of hydrogen-bond acceptors (Lipinski definition) is 5. The smallest absolute Gasteiger partial charge is 0.275 e. The zero-order valence-corrected chi connectivity index (χ0v) is 15.4. The van der Waals surface area contributed by atoms with E-state index in [9.17, 15) is 4.79 Å². The lowest BCUT2D eigenvalue weighted by Crippen LogP contribution is -2.18. The summed E-state index contributed by atoms with van der Waals surface area (Å²) in [6.45, 7) is 0.851. The van der Waals surface area contributed by atoms with Crippen LogP contribution in [0.2, 0.25) is 5.02 Å². The van der Waals surface area contributed by atoms with Gasteiger partial charge in [0, 0.05) is 17.9 Å². The van der Waals surface area contributed by atoms with Gasteiger partial charge in [0.1, 0.15) is 11.4 Å². The maximum absolute atomic E-state index is 12.4. The molecule has 0 radical (unpaired) electrons. The Hall–Kier alpha value is -3.12. The molecule has 0 atom stereocenters. The third-order valence-corrected chi connectivity index (χ3v) is 4.74. The first-order valence-electron chi connectivity index (χ1n) is 8.48. The number of benzene rings is 2. The van der Waals surface area contributed by atoms with Gasteiger partial charge in [-0.1, -0.05) is 29.8 Å². The number of carbonyl (C=O) groups excluding carboxylic acids is 1. The molecule has 0 saturated carbocycles. The first-order valence-corrected chi connectivity index (χ1v) is 8.86. The number of carbonyl (C=O) groups is 1. The minimum absolute atomic E-state index is 0.234. The molecule has 7 heteroatoms. The number of fused-ring (bicyclic) bond motifs is 1. The number of nitrogens with one attached hydrogen (secondary N) is 1. The number of para-hydroxylation sites is 1. The van der Waals surface area contributed by atoms with E-state index in [2.05, 4.69) is 32.3 Å². The monoisotopic (exact) mass is 380 g/mol. The SMILES string of the molecule is COc1ccc(NC(=O)c2cnc(N3CCc4ccccc43)cn2)cc1Cl. The molecule has 0 bridgehead atoms. The quantitative estimate of drug-likeness (QED) is 0.738. The molecule has 27 heavy (non-hydrogen) atoms. The molecule has 2 heterocycles. The molecule has 6 nitrogen and oxygen atoms in total. The van der Waals surface area contributed by atoms with Crippen molar-refractivity contribution in [2.24, 2.45) is 0 Å². The van der Waals surface area contributed by atoms with Crippen LogP contribution in [-0.2, 0) is 6.42 Å². The second-order valence-electron chi connectivity index (χ2n) is 6.09. The number of rotatable bonds is 4. The van der Waals surface area contributed by atoms with Crippen LogP contribution in [0.1, 0.15) is 16.1 Å². The largest absolute Gasteiger partial charge is 0.495 e. The number of nitrogens with zero attached hydrogens (tertiary/aromatic N) is 3. The lowest BCUT2D eigenvalue weighted by molar-refractivity contribution is 0.102. The van der Waals surface area contributed by atoms with E-state index < -0.39 is 0 Å². The molecule has 0 fully saturated rings. The van der Waals surface area contributed by atoms with E-state index in [4.69, 9.17) is 16.3 Å². The van der Waals surface area contributed by atoms with Gasteiger partial charge < -0.3 is 15.0 Å². The van der Waals surface area contributed by atoms with Crippen molar-refractivity contribution in [2.45, 2.75) is 6.42 Å². The number of methoxy groups -OCH3 is 1. The molecular weight excluding hydrogens is 364 g/mol. The van der Waals surface area contributed by atoms with Crippen molar-refractivity contribution in [1.29, 1.82) is 0 Å². The van der Waals surface area contributed by atoms with E-state index in [0.29, 0.717) is 16.5 Å². The summed E-state index contributed by atoms with van der Waals surface area (Å²) < 4.78 is 5.10. The van der Waals surface area contributed by atoms with Gasteiger partial charge in [-0.2, -0.15) is 0 Å². The molecule has 2 aromatic carbocycles. The van der Waals surface area contributed by atoms with Gasteiger partial charge in [0.2, 0.25) is 0 Å². The molecule has 1 aromatic heterocycles. The van der Waals surface area contributed by atoms with Crippen molar-refractivity contribution in [3.8, 4) is 5.75 Å². The maximum atomic E-state index is 12.4. The van der Waals surface area contributed by atoms with Crippen LogP contribution in [0, 0.1) is 0 Å². The fourth-order valence-corrected chi connectivity index (χ4v) is 3.35. The molecule has 0 spiro atoms. The molecule has 1 aliphatic rings. The highest BCUT2D eigenvalue weighted by molar-refractivity contribution is 6.32. The number of amides is 1. The topological polar surface area (TPSA) is 67.3 Å². The van der Waals surface area contributed by atoms with Crippen LogP contribution in [-0.4, -0.2) is 29.5 Å². The number of anilines is 3. The van der Waals surface area contributed by atoms with Crippen LogP contribution in [0.15, 0.2) is 54.9 Å². The van der Waals surface area contributed by atoms with Crippen molar-refractivity contribution in [3.63, 3.8) is 0 Å². The lowest BCUT2D eigenvalue weighted by Gasteiger charge is -2.17. The summed E-state index contributed by atoms with van der Waals surface area (Å²) in [4.78, 5) is 23.2. The number of hydrogen-bond donors (Lipinski definition) is 1. The molecular formula is C20H17ClN4O2. The molecule has 0 saturated heterocycles. The Balaban J connectivity index is 1.49. The number of halogens is 1. The molecule has 1 N–H and O–H groups in total. The van der Waals surface area contributed by atoms with Crippen LogP contribution < -0.4 is 15.0 Å². The summed E-state index contributed by atoms with van der Waals surface area (Å²) >= 11 is 6.08. The van der Waals surface area contributed by atoms with Crippen LogP contribution >= 0.6 is 11.6 Å². The summed E-state index contributed by atoms with van der Waals surface area (Å²) in [5, 5.41) is 3.18. The van der Waals surface area contributed by atoms with E-state index in [1.165, 1.54) is 18.9 Å². The first kappa shape index (κ1) is 17.3. The Morgan fingerprint density at radius 1 is 1.19 bits per heavy atom. The standard InChI is InChI=1S/C20H17ClN4O2/c1-27-18-7-6-14(10-15(18)21)24-20(26)16-11-23-19(12-22-16)25-9-8-13-4-2-3-5-17(13)25/h2-7,10-12H,8-9H2,1H3,(H,24,26). The van der Waals surface area contributed by atoms with Gasteiger partial charge in [-0.15, -0.1) is 0 Å². The highest BCUT2D eigenvalue weighted by Gasteiger charge is 2.21. The van der Waals surface area contributed by atoms with E-state index in [-0.39, 0.29) is 11.6 Å². The molecule has 1 aliphatic heterocycles. The van der Waals surface area contributed by atoms with Crippen LogP contribution in [0.3, 0.4) is 0 Å². The zero-order valence-electron chi connectivity index (χ0n) is 14.6. The Morgan fingerprint density at radius 3 is 2.78 bits per heavy atom. The minimum atomic E-state index is -0.350. The van der Waals surface area contributed by atoms with Crippen molar-refractivity contribution < 1.29 is 9.53 Å². The predicted molar refractivity (Wildman–Crippen MR) is 105 cm³/mol. The number of ether oxygens (including phenoxy) is 1. The van der Waals surface area contributed by atoms with Gasteiger partial charge in [0.25, 0.3) is 5.91 Å². The Morgan fingerprint density at radius 2 is 2.04 bits per heavy atom. The van der Waals surface area contributed by atoms with E-state index >= 15 is 0 Å². The van der Waals surface area contributed by atoms with Crippen molar-refractivity contribution in [1.82, 2.24) is 9.97 Å². The summed E-state index contributed by atoms with van der Waals surface area (Å²) in [6.07, 6.45) is 4.08. The zero-order chi connectivity index (χ0) is 18.8. The molecule has 1 amide bonds. The predicted octanol–water partition coefficient (Wildman–Crippen LogP) is 4.09. The highest BCUT2D eigenvalue weighted by atomic mass is 35.5. The number of aromatic nitrogens is 2. The van der Waals surface area contributed by atoms with Crippen molar-refractivity contribution in [3.05, 3.63) is 71.1 Å². The van der Waals surface area contributed by atoms with Crippen molar-refractivity contribution >= 4 is 34.7 Å². The van der Waals surface area contributed by atoms with E-state index in [1.807, 2.05) is 12.1 Å². The fourth-order valence-electron chi connectivity index (χ4n) is 3.09. The van der Waals surface area contributed by atoms with Gasteiger partial charge >= 0.3 is 0 Å². The molecule has 3 aromatic rings. The summed E-state index contributed by atoms with van der Waals surface area (Å²) in [5.74, 6) is 0.922. The Bertz CT molecular complexity index is 992. The second kappa shape index (κ2) is 7.25. The normalized spacial score (nSPS) is 12.6. The van der Waals surface area contributed by atoms with Gasteiger partial charge in [0.15, 0.2) is 5.82 Å². The van der Waals surface area contributed by atoms with Crippen LogP contribution in [0.5, 0.6) is 5.75 Å². The molecule has 0 aliphatic carbocycles. The summed E-state index contributed by atoms with van der Waals surface area (Å²) in [6, 6.07) is 13.3. The average Bonchev–Trinajstić information content (AvgIpc) is 3.12. The summed E-state index contributed by atoms with van der Waals surface area (Å²) in [7, 11) is 1.54. The van der Waals surface area contributed by atoms with Crippen LogP contribution in [0.4, 0.5) is 17.2 Å². The van der Waals surface area contributed by atoms with Crippen LogP contribution in [0.25, 0.3) is 0 Å². The summed E-state index contributed by atoms with van der Waals surface area (Å²) in [5.41, 5.74) is 3.22. The maximum Gasteiger partial charge on any atom is 0.275 e. The van der Waals surface area contributed by atoms with Gasteiger partial charge in [-0.25, -0.2) is 9.97 Å². The minimum Gasteiger partial charge on any atom is -0.495 e. The fraction of sp³-hybridized carbons (Fsp3) is 0.150. The van der Waals surface area contributed by atoms with E-state index in [0.717, 1.165) is 24.5 Å². The van der Waals surface area contributed by atoms with Gasteiger partial charge in [-0.05, 0) is 36.2 Å². The Kier molecular flexibility index (Phi) is 4.64. The lowest BCUT2D eigenvalue weighted by atomic mass is 10.2. The second-order valence-corrected chi connectivity index (χ2v) is 6.50. The third kappa shape index (κ3) is 3.44. The average molecular weight is 381 g/mol. The molecule has 0 unspecified atom stereocenters. The highest BCUT2D eigenvalue weighted by Crippen LogP contribution is 2.32. The third-order valence-electron chi connectivity index (χ3n) is 4.44. The first-order chi connectivity index (χ1) is 13.2. The molecule has 136 valence electrons. The van der Waals surface area contributed by atoms with Gasteiger partial charge in [-0.3, -0.25) is 4.79 Å². The van der Waals surface area contributed by atoms with Crippen molar-refractivity contribution in [2.75, 3.05) is 23.9 Å². The Labute approximate surface area is 161 Å². The molecule has 4 rings (SSSR count).